The summed E-state index contributed by atoms with van der Waals surface area (Å²) < 4.78 is 40.6. The van der Waals surface area contributed by atoms with Gasteiger partial charge in [-0.25, -0.2) is 4.98 Å². The molecule has 0 amide bonds. The number of hydrogen-bond acceptors (Lipinski definition) is 4. The van der Waals surface area contributed by atoms with Crippen LogP contribution in [0.5, 0.6) is 0 Å². The maximum Gasteiger partial charge on any atom is 0.421 e. The zero-order valence-corrected chi connectivity index (χ0v) is 18.6. The van der Waals surface area contributed by atoms with Gasteiger partial charge >= 0.3 is 6.18 Å². The molecule has 1 heterocycles. The molecule has 0 aliphatic carbocycles. The molecule has 0 saturated heterocycles. The molecule has 7 heteroatoms. The van der Waals surface area contributed by atoms with Crippen molar-refractivity contribution in [3.8, 4) is 0 Å². The van der Waals surface area contributed by atoms with E-state index in [-0.39, 0.29) is 11.8 Å². The Bertz CT molecular complexity index is 999. The van der Waals surface area contributed by atoms with Gasteiger partial charge in [-0.15, -0.1) is 0 Å². The van der Waals surface area contributed by atoms with E-state index in [1.165, 1.54) is 5.56 Å². The van der Waals surface area contributed by atoms with Crippen LogP contribution in [-0.4, -0.2) is 9.97 Å². The molecule has 1 atom stereocenters. The molecule has 0 fully saturated rings. The molecule has 0 aliphatic rings. The molecule has 0 aliphatic heterocycles. The van der Waals surface area contributed by atoms with Gasteiger partial charge in [-0.05, 0) is 60.6 Å². The van der Waals surface area contributed by atoms with Gasteiger partial charge in [0.2, 0.25) is 5.95 Å². The first-order valence-corrected chi connectivity index (χ1v) is 11.0. The van der Waals surface area contributed by atoms with Gasteiger partial charge in [0.25, 0.3) is 0 Å². The average molecular weight is 443 g/mol. The Morgan fingerprint density at radius 3 is 2.12 bits per heavy atom. The Morgan fingerprint density at radius 2 is 1.53 bits per heavy atom. The molecule has 170 valence electrons. The highest BCUT2D eigenvalue weighted by atomic mass is 19.4. The summed E-state index contributed by atoms with van der Waals surface area (Å²) in [5.74, 6) is 0.249. The molecule has 0 spiro atoms. The standard InChI is InChI=1S/C25H29F3N4/c1-4-6-7-18-8-12-20(13-9-18)30-23-22(25(26,27)28)16-29-24(32-23)31-21-14-10-19(11-15-21)17(3)5-2/h8-17H,4-7H2,1-3H3,(H2,29,30,31,32). The Morgan fingerprint density at radius 1 is 0.906 bits per heavy atom. The first kappa shape index (κ1) is 23.6. The van der Waals surface area contributed by atoms with Gasteiger partial charge in [0.05, 0.1) is 0 Å². The SMILES string of the molecule is CCCCc1ccc(Nc2nc(Nc3ccc(C(C)CC)cc3)ncc2C(F)(F)F)cc1. The van der Waals surface area contributed by atoms with E-state index in [9.17, 15) is 13.2 Å². The Balaban J connectivity index is 1.82. The Kier molecular flexibility index (Phi) is 7.72. The van der Waals surface area contributed by atoms with Gasteiger partial charge in [-0.2, -0.15) is 18.2 Å². The number of rotatable bonds is 9. The topological polar surface area (TPSA) is 49.8 Å². The van der Waals surface area contributed by atoms with E-state index in [1.807, 2.05) is 36.4 Å². The van der Waals surface area contributed by atoms with Crippen molar-refractivity contribution in [2.75, 3.05) is 10.6 Å². The van der Waals surface area contributed by atoms with Gasteiger partial charge in [-0.1, -0.05) is 51.5 Å². The van der Waals surface area contributed by atoms with Gasteiger partial charge in [-0.3, -0.25) is 0 Å². The monoisotopic (exact) mass is 442 g/mol. The molecule has 0 saturated carbocycles. The van der Waals surface area contributed by atoms with Crippen LogP contribution in [-0.2, 0) is 12.6 Å². The minimum atomic E-state index is -4.57. The van der Waals surface area contributed by atoms with Gasteiger partial charge < -0.3 is 10.6 Å². The van der Waals surface area contributed by atoms with E-state index in [4.69, 9.17) is 0 Å². The third-order valence-corrected chi connectivity index (χ3v) is 5.48. The highest BCUT2D eigenvalue weighted by molar-refractivity contribution is 5.63. The summed E-state index contributed by atoms with van der Waals surface area (Å²) in [6.07, 6.45) is 0.377. The molecule has 2 aromatic carbocycles. The van der Waals surface area contributed by atoms with Crippen molar-refractivity contribution in [1.29, 1.82) is 0 Å². The van der Waals surface area contributed by atoms with Crippen molar-refractivity contribution in [2.45, 2.75) is 58.5 Å². The molecule has 3 rings (SSSR count). The number of alkyl halides is 3. The molecule has 4 nitrogen and oxygen atoms in total. The van der Waals surface area contributed by atoms with Crippen LogP contribution in [0.4, 0.5) is 36.3 Å². The number of unbranched alkanes of at least 4 members (excludes halogenated alkanes) is 1. The summed E-state index contributed by atoms with van der Waals surface area (Å²) >= 11 is 0. The smallest absolute Gasteiger partial charge is 0.340 e. The average Bonchev–Trinajstić information content (AvgIpc) is 2.78. The molecule has 1 unspecified atom stereocenters. The van der Waals surface area contributed by atoms with Crippen molar-refractivity contribution in [3.63, 3.8) is 0 Å². The predicted molar refractivity (Wildman–Crippen MR) is 124 cm³/mol. The van der Waals surface area contributed by atoms with E-state index < -0.39 is 11.7 Å². The molecule has 32 heavy (non-hydrogen) atoms. The van der Waals surface area contributed by atoms with Crippen molar-refractivity contribution in [2.24, 2.45) is 0 Å². The maximum atomic E-state index is 13.5. The quantitative estimate of drug-likeness (QED) is 0.354. The lowest BCUT2D eigenvalue weighted by atomic mass is 9.99. The van der Waals surface area contributed by atoms with Crippen molar-refractivity contribution < 1.29 is 13.2 Å². The number of benzene rings is 2. The minimum Gasteiger partial charge on any atom is -0.340 e. The Labute approximate surface area is 187 Å². The van der Waals surface area contributed by atoms with Crippen LogP contribution in [0.3, 0.4) is 0 Å². The Hall–Kier alpha value is -3.09. The number of halogens is 3. The zero-order valence-electron chi connectivity index (χ0n) is 18.6. The van der Waals surface area contributed by atoms with Crippen LogP contribution in [0.2, 0.25) is 0 Å². The van der Waals surface area contributed by atoms with Crippen LogP contribution in [0.25, 0.3) is 0 Å². The van der Waals surface area contributed by atoms with Crippen LogP contribution in [0.15, 0.2) is 54.7 Å². The fourth-order valence-electron chi connectivity index (χ4n) is 3.28. The summed E-state index contributed by atoms with van der Waals surface area (Å²) in [6, 6.07) is 15.1. The lowest BCUT2D eigenvalue weighted by Gasteiger charge is -2.15. The summed E-state index contributed by atoms with van der Waals surface area (Å²) in [6.45, 7) is 6.39. The van der Waals surface area contributed by atoms with E-state index in [0.717, 1.165) is 37.4 Å². The largest absolute Gasteiger partial charge is 0.421 e. The lowest BCUT2D eigenvalue weighted by molar-refractivity contribution is -0.137. The molecule has 0 bridgehead atoms. The number of aryl methyl sites for hydroxylation is 1. The first-order valence-electron chi connectivity index (χ1n) is 11.0. The number of aromatic nitrogens is 2. The summed E-state index contributed by atoms with van der Waals surface area (Å²) in [4.78, 5) is 8.00. The molecule has 3 aromatic rings. The predicted octanol–water partition coefficient (Wildman–Crippen LogP) is 7.84. The van der Waals surface area contributed by atoms with Crippen molar-refractivity contribution in [3.05, 3.63) is 71.4 Å². The maximum absolute atomic E-state index is 13.5. The van der Waals surface area contributed by atoms with E-state index in [1.54, 1.807) is 12.1 Å². The second-order valence-corrected chi connectivity index (χ2v) is 7.94. The number of nitrogens with one attached hydrogen (secondary N) is 2. The normalized spacial score (nSPS) is 12.4. The number of nitrogens with zero attached hydrogens (tertiary/aromatic N) is 2. The zero-order chi connectivity index (χ0) is 23.1. The van der Waals surface area contributed by atoms with Gasteiger partial charge in [0, 0.05) is 17.6 Å². The van der Waals surface area contributed by atoms with Gasteiger partial charge in [0.1, 0.15) is 11.4 Å². The first-order chi connectivity index (χ1) is 15.3. The van der Waals surface area contributed by atoms with Gasteiger partial charge in [0.15, 0.2) is 0 Å². The highest BCUT2D eigenvalue weighted by Gasteiger charge is 2.35. The molecular weight excluding hydrogens is 413 g/mol. The highest BCUT2D eigenvalue weighted by Crippen LogP contribution is 2.35. The fourth-order valence-corrected chi connectivity index (χ4v) is 3.28. The summed E-state index contributed by atoms with van der Waals surface area (Å²) in [7, 11) is 0. The number of hydrogen-bond donors (Lipinski definition) is 2. The minimum absolute atomic E-state index is 0.0938. The van der Waals surface area contributed by atoms with Crippen LogP contribution >= 0.6 is 0 Å². The van der Waals surface area contributed by atoms with Crippen molar-refractivity contribution in [1.82, 2.24) is 9.97 Å². The fraction of sp³-hybridized carbons (Fsp3) is 0.360. The van der Waals surface area contributed by atoms with Crippen molar-refractivity contribution >= 4 is 23.1 Å². The molecule has 0 radical (unpaired) electrons. The summed E-state index contributed by atoms with van der Waals surface area (Å²) in [5, 5.41) is 5.80. The summed E-state index contributed by atoms with van der Waals surface area (Å²) in [5.41, 5.74) is 2.70. The molecule has 1 aromatic heterocycles. The van der Waals surface area contributed by atoms with E-state index in [2.05, 4.69) is 41.4 Å². The lowest BCUT2D eigenvalue weighted by Crippen LogP contribution is -2.12. The van der Waals surface area contributed by atoms with E-state index in [0.29, 0.717) is 17.3 Å². The van der Waals surface area contributed by atoms with E-state index >= 15 is 0 Å². The third kappa shape index (κ3) is 6.22. The third-order valence-electron chi connectivity index (χ3n) is 5.48. The second-order valence-electron chi connectivity index (χ2n) is 7.94. The molecule has 2 N–H and O–H groups in total. The van der Waals surface area contributed by atoms with Crippen LogP contribution < -0.4 is 10.6 Å². The number of anilines is 4. The van der Waals surface area contributed by atoms with Crippen LogP contribution in [0.1, 0.15) is 62.6 Å². The van der Waals surface area contributed by atoms with Crippen LogP contribution in [0, 0.1) is 0 Å². The molecular formula is C25H29F3N4. The second kappa shape index (κ2) is 10.5.